The number of nitrogens with zero attached hydrogens (tertiary/aromatic N) is 2. The molecule has 7 nitrogen and oxygen atoms in total. The number of carbonyl (C=O) groups excluding carboxylic acids is 1. The van der Waals surface area contributed by atoms with Gasteiger partial charge in [-0.05, 0) is 12.1 Å². The number of hydrogen-bond acceptors (Lipinski definition) is 7. The minimum atomic E-state index is -0.702. The lowest BCUT2D eigenvalue weighted by atomic mass is 10.1. The van der Waals surface area contributed by atoms with Crippen molar-refractivity contribution in [2.45, 2.75) is 0 Å². The maximum Gasteiger partial charge on any atom is 0.341 e. The van der Waals surface area contributed by atoms with Crippen molar-refractivity contribution in [3.8, 4) is 17.4 Å². The van der Waals surface area contributed by atoms with Gasteiger partial charge >= 0.3 is 5.97 Å². The summed E-state index contributed by atoms with van der Waals surface area (Å²) in [5, 5.41) is 0.474. The van der Waals surface area contributed by atoms with Crippen molar-refractivity contribution in [3.63, 3.8) is 0 Å². The maximum atomic E-state index is 13.9. The third-order valence-corrected chi connectivity index (χ3v) is 3.46. The van der Waals surface area contributed by atoms with E-state index in [-0.39, 0.29) is 22.9 Å². The minimum Gasteiger partial charge on any atom is -0.496 e. The Morgan fingerprint density at radius 3 is 2.64 bits per heavy atom. The SMILES string of the molecule is COC(=O)c1cc2c(Oc3ncc(N)cc3F)ccnc2cc1OC. The molecule has 0 amide bonds. The number of pyridine rings is 2. The summed E-state index contributed by atoms with van der Waals surface area (Å²) in [6.45, 7) is 0. The molecule has 0 aliphatic carbocycles. The zero-order chi connectivity index (χ0) is 18.0. The summed E-state index contributed by atoms with van der Waals surface area (Å²) in [7, 11) is 2.70. The van der Waals surface area contributed by atoms with Crippen molar-refractivity contribution in [2.24, 2.45) is 0 Å². The monoisotopic (exact) mass is 343 g/mol. The Bertz CT molecular complexity index is 962. The number of rotatable bonds is 4. The van der Waals surface area contributed by atoms with Gasteiger partial charge in [0.2, 0.25) is 0 Å². The van der Waals surface area contributed by atoms with Gasteiger partial charge < -0.3 is 19.9 Å². The van der Waals surface area contributed by atoms with Gasteiger partial charge in [0.15, 0.2) is 5.82 Å². The molecule has 2 aromatic heterocycles. The lowest BCUT2D eigenvalue weighted by molar-refractivity contribution is 0.0597. The van der Waals surface area contributed by atoms with Gasteiger partial charge in [-0.15, -0.1) is 0 Å². The molecule has 0 radical (unpaired) electrons. The summed E-state index contributed by atoms with van der Waals surface area (Å²) < 4.78 is 29.4. The van der Waals surface area contributed by atoms with Gasteiger partial charge in [0.25, 0.3) is 5.88 Å². The predicted octanol–water partition coefficient (Wildman–Crippen LogP) is 2.94. The second-order valence-electron chi connectivity index (χ2n) is 5.03. The van der Waals surface area contributed by atoms with Crippen molar-refractivity contribution in [2.75, 3.05) is 20.0 Å². The van der Waals surface area contributed by atoms with Crippen LogP contribution < -0.4 is 15.2 Å². The standard InChI is InChI=1S/C17H14FN3O4/c1-23-15-7-13-10(6-11(15)17(22)24-2)14(3-4-20-13)25-16-12(18)5-9(19)8-21-16/h3-8H,19H2,1-2H3. The smallest absolute Gasteiger partial charge is 0.341 e. The van der Waals surface area contributed by atoms with Crippen LogP contribution in [0, 0.1) is 5.82 Å². The average Bonchev–Trinajstić information content (AvgIpc) is 2.62. The topological polar surface area (TPSA) is 96.6 Å². The fourth-order valence-corrected chi connectivity index (χ4v) is 2.30. The predicted molar refractivity (Wildman–Crippen MR) is 88.3 cm³/mol. The number of carbonyl (C=O) groups is 1. The van der Waals surface area contributed by atoms with Crippen LogP contribution in [0.25, 0.3) is 10.9 Å². The highest BCUT2D eigenvalue weighted by molar-refractivity contribution is 5.99. The second-order valence-corrected chi connectivity index (χ2v) is 5.03. The molecule has 0 saturated carbocycles. The Morgan fingerprint density at radius 2 is 1.96 bits per heavy atom. The van der Waals surface area contributed by atoms with Crippen LogP contribution in [-0.2, 0) is 4.74 Å². The van der Waals surface area contributed by atoms with Crippen LogP contribution in [0.1, 0.15) is 10.4 Å². The molecular weight excluding hydrogens is 329 g/mol. The number of methoxy groups -OCH3 is 2. The zero-order valence-electron chi connectivity index (χ0n) is 13.4. The van der Waals surface area contributed by atoms with Crippen LogP contribution >= 0.6 is 0 Å². The number of esters is 1. The quantitative estimate of drug-likeness (QED) is 0.727. The maximum absolute atomic E-state index is 13.9. The van der Waals surface area contributed by atoms with Gasteiger partial charge in [-0.2, -0.15) is 0 Å². The number of nitrogens with two attached hydrogens (primary N) is 1. The van der Waals surface area contributed by atoms with Crippen LogP contribution in [0.15, 0.2) is 36.7 Å². The van der Waals surface area contributed by atoms with E-state index in [1.807, 2.05) is 0 Å². The first-order valence-electron chi connectivity index (χ1n) is 7.17. The first kappa shape index (κ1) is 16.4. The van der Waals surface area contributed by atoms with Crippen molar-refractivity contribution < 1.29 is 23.4 Å². The molecule has 2 N–H and O–H groups in total. The highest BCUT2D eigenvalue weighted by atomic mass is 19.1. The molecule has 0 spiro atoms. The van der Waals surface area contributed by atoms with Gasteiger partial charge in [0, 0.05) is 23.7 Å². The Morgan fingerprint density at radius 1 is 1.16 bits per heavy atom. The number of fused-ring (bicyclic) bond motifs is 1. The Balaban J connectivity index is 2.13. The normalized spacial score (nSPS) is 10.5. The minimum absolute atomic E-state index is 0.183. The van der Waals surface area contributed by atoms with E-state index >= 15 is 0 Å². The highest BCUT2D eigenvalue weighted by Crippen LogP contribution is 2.33. The molecule has 3 rings (SSSR count). The number of halogens is 1. The van der Waals surface area contributed by atoms with Gasteiger partial charge in [0.1, 0.15) is 17.1 Å². The van der Waals surface area contributed by atoms with E-state index in [0.29, 0.717) is 16.7 Å². The fraction of sp³-hybridized carbons (Fsp3) is 0.118. The molecule has 0 saturated heterocycles. The van der Waals surface area contributed by atoms with Gasteiger partial charge in [-0.3, -0.25) is 4.98 Å². The van der Waals surface area contributed by atoms with Gasteiger partial charge in [-0.1, -0.05) is 0 Å². The average molecular weight is 343 g/mol. The van der Waals surface area contributed by atoms with Crippen molar-refractivity contribution >= 4 is 22.6 Å². The summed E-state index contributed by atoms with van der Waals surface area (Å²) in [6, 6.07) is 5.72. The van der Waals surface area contributed by atoms with E-state index in [4.69, 9.17) is 19.9 Å². The van der Waals surface area contributed by atoms with E-state index in [9.17, 15) is 9.18 Å². The Hall–Kier alpha value is -3.42. The number of ether oxygens (including phenoxy) is 3. The lowest BCUT2D eigenvalue weighted by Gasteiger charge is -2.12. The highest BCUT2D eigenvalue weighted by Gasteiger charge is 2.17. The van der Waals surface area contributed by atoms with Gasteiger partial charge in [-0.25, -0.2) is 14.2 Å². The van der Waals surface area contributed by atoms with Crippen LogP contribution in [-0.4, -0.2) is 30.2 Å². The molecule has 0 aliphatic rings. The summed E-state index contributed by atoms with van der Waals surface area (Å²) in [6.07, 6.45) is 2.77. The largest absolute Gasteiger partial charge is 0.496 e. The molecule has 25 heavy (non-hydrogen) atoms. The number of aromatic nitrogens is 2. The Labute approximate surface area is 142 Å². The summed E-state index contributed by atoms with van der Waals surface area (Å²) in [4.78, 5) is 20.0. The molecule has 0 aliphatic heterocycles. The third kappa shape index (κ3) is 3.14. The molecule has 8 heteroatoms. The molecule has 3 aromatic rings. The van der Waals surface area contributed by atoms with E-state index < -0.39 is 11.8 Å². The van der Waals surface area contributed by atoms with E-state index in [0.717, 1.165) is 6.07 Å². The van der Waals surface area contributed by atoms with E-state index in [1.54, 1.807) is 6.07 Å². The summed E-state index contributed by atoms with van der Waals surface area (Å²) >= 11 is 0. The third-order valence-electron chi connectivity index (χ3n) is 3.46. The van der Waals surface area contributed by atoms with Crippen molar-refractivity contribution in [1.82, 2.24) is 9.97 Å². The first-order chi connectivity index (χ1) is 12.0. The van der Waals surface area contributed by atoms with Crippen molar-refractivity contribution in [1.29, 1.82) is 0 Å². The lowest BCUT2D eigenvalue weighted by Crippen LogP contribution is -2.04. The Kier molecular flexibility index (Phi) is 4.34. The van der Waals surface area contributed by atoms with Crippen LogP contribution in [0.3, 0.4) is 0 Å². The zero-order valence-corrected chi connectivity index (χ0v) is 13.4. The number of benzene rings is 1. The number of hydrogen-bond donors (Lipinski definition) is 1. The van der Waals surface area contributed by atoms with Gasteiger partial charge in [0.05, 0.1) is 31.6 Å². The molecule has 128 valence electrons. The molecule has 0 unspecified atom stereocenters. The molecule has 0 fully saturated rings. The van der Waals surface area contributed by atoms with Crippen LogP contribution in [0.4, 0.5) is 10.1 Å². The number of anilines is 1. The summed E-state index contributed by atoms with van der Waals surface area (Å²) in [5.74, 6) is -0.941. The second kappa shape index (κ2) is 6.60. The molecule has 2 heterocycles. The van der Waals surface area contributed by atoms with Crippen LogP contribution in [0.2, 0.25) is 0 Å². The van der Waals surface area contributed by atoms with E-state index in [1.165, 1.54) is 38.7 Å². The van der Waals surface area contributed by atoms with Crippen LogP contribution in [0.5, 0.6) is 17.4 Å². The summed E-state index contributed by atoms with van der Waals surface area (Å²) in [5.41, 5.74) is 6.35. The molecule has 0 atom stereocenters. The fourth-order valence-electron chi connectivity index (χ4n) is 2.30. The molecular formula is C17H14FN3O4. The first-order valence-corrected chi connectivity index (χ1v) is 7.17. The number of nitrogen functional groups attached to an aromatic ring is 1. The van der Waals surface area contributed by atoms with E-state index in [2.05, 4.69) is 9.97 Å². The molecule has 0 bridgehead atoms. The molecule has 1 aromatic carbocycles. The van der Waals surface area contributed by atoms with Crippen molar-refractivity contribution in [3.05, 3.63) is 48.0 Å².